The summed E-state index contributed by atoms with van der Waals surface area (Å²) < 4.78 is 0. The summed E-state index contributed by atoms with van der Waals surface area (Å²) >= 11 is 0. The molecule has 1 aromatic carbocycles. The lowest BCUT2D eigenvalue weighted by Gasteiger charge is -2.01. The number of carbonyl (C=O) groups is 1. The van der Waals surface area contributed by atoms with Gasteiger partial charge in [-0.3, -0.25) is 0 Å². The quantitative estimate of drug-likeness (QED) is 0.735. The maximum absolute atomic E-state index is 11.0. The van der Waals surface area contributed by atoms with Crippen molar-refractivity contribution in [3.63, 3.8) is 0 Å². The number of carboxylic acids is 1. The fourth-order valence-electron chi connectivity index (χ4n) is 2.15. The predicted molar refractivity (Wildman–Crippen MR) is 73.2 cm³/mol. The zero-order valence-electron chi connectivity index (χ0n) is 10.3. The lowest BCUT2D eigenvalue weighted by atomic mass is 10.1. The van der Waals surface area contributed by atoms with Gasteiger partial charge in [-0.2, -0.15) is 0 Å². The number of benzene rings is 1. The second-order valence-corrected chi connectivity index (χ2v) is 4.46. The van der Waals surface area contributed by atoms with Crippen LogP contribution < -0.4 is 0 Å². The van der Waals surface area contributed by atoms with Crippen molar-refractivity contribution in [2.75, 3.05) is 0 Å². The number of H-pyrrole nitrogens is 1. The molecule has 2 N–H and O–H groups in total. The summed E-state index contributed by atoms with van der Waals surface area (Å²) in [6.07, 6.45) is 1.86. The molecule has 0 aliphatic heterocycles. The Balaban J connectivity index is 2.21. The first-order chi connectivity index (χ1) is 9.15. The molecule has 0 bridgehead atoms. The summed E-state index contributed by atoms with van der Waals surface area (Å²) in [7, 11) is 0. The fraction of sp³-hybridized carbons (Fsp3) is 0.0667. The molecule has 0 aliphatic rings. The van der Waals surface area contributed by atoms with Gasteiger partial charge < -0.3 is 10.1 Å². The average Bonchev–Trinajstić information content (AvgIpc) is 2.81. The van der Waals surface area contributed by atoms with Crippen molar-refractivity contribution >= 4 is 16.9 Å². The number of aromatic nitrogens is 2. The normalized spacial score (nSPS) is 10.8. The van der Waals surface area contributed by atoms with Gasteiger partial charge >= 0.3 is 5.97 Å². The van der Waals surface area contributed by atoms with Gasteiger partial charge in [-0.25, -0.2) is 9.78 Å². The van der Waals surface area contributed by atoms with Crippen molar-refractivity contribution in [2.24, 2.45) is 0 Å². The fourth-order valence-corrected chi connectivity index (χ4v) is 2.15. The zero-order chi connectivity index (χ0) is 13.4. The number of carboxylic acid groups (broad SMARTS) is 1. The minimum absolute atomic E-state index is 0.0551. The molecule has 0 spiro atoms. The van der Waals surface area contributed by atoms with E-state index in [-0.39, 0.29) is 5.69 Å². The molecule has 0 amide bonds. The van der Waals surface area contributed by atoms with Crippen LogP contribution in [0.15, 0.2) is 42.6 Å². The molecule has 3 rings (SSSR count). The summed E-state index contributed by atoms with van der Waals surface area (Å²) in [6.45, 7) is 2.03. The first-order valence-corrected chi connectivity index (χ1v) is 5.93. The highest BCUT2D eigenvalue weighted by Gasteiger charge is 2.10. The van der Waals surface area contributed by atoms with Gasteiger partial charge in [0.2, 0.25) is 0 Å². The first-order valence-electron chi connectivity index (χ1n) is 5.93. The zero-order valence-corrected chi connectivity index (χ0v) is 10.3. The van der Waals surface area contributed by atoms with E-state index in [2.05, 4.69) is 16.0 Å². The van der Waals surface area contributed by atoms with E-state index >= 15 is 0 Å². The summed E-state index contributed by atoms with van der Waals surface area (Å²) in [5.41, 5.74) is 3.81. The van der Waals surface area contributed by atoms with E-state index in [0.29, 0.717) is 5.69 Å². The van der Waals surface area contributed by atoms with Crippen LogP contribution in [0.25, 0.3) is 22.2 Å². The van der Waals surface area contributed by atoms with E-state index in [1.807, 2.05) is 31.3 Å². The highest BCUT2D eigenvalue weighted by Crippen LogP contribution is 2.28. The number of aromatic carboxylic acids is 1. The van der Waals surface area contributed by atoms with Gasteiger partial charge in [0.1, 0.15) is 5.69 Å². The van der Waals surface area contributed by atoms with Crippen LogP contribution in [0, 0.1) is 6.92 Å². The molecule has 4 nitrogen and oxygen atoms in total. The maximum atomic E-state index is 11.0. The predicted octanol–water partition coefficient (Wildman–Crippen LogP) is 3.24. The van der Waals surface area contributed by atoms with E-state index in [1.165, 1.54) is 6.07 Å². The standard InChI is InChI=1S/C15H12N2O2/c1-9-5-6-12-10(7-9)11(8-16-12)13-3-2-4-14(17-13)15(18)19/h2-8,16H,1H3,(H,18,19). The Bertz CT molecular complexity index is 775. The third kappa shape index (κ3) is 1.97. The Kier molecular flexibility index (Phi) is 2.56. The lowest BCUT2D eigenvalue weighted by molar-refractivity contribution is 0.0690. The second kappa shape index (κ2) is 4.24. The van der Waals surface area contributed by atoms with Crippen LogP contribution >= 0.6 is 0 Å². The molecule has 0 unspecified atom stereocenters. The molecular formula is C15H12N2O2. The van der Waals surface area contributed by atoms with Crippen molar-refractivity contribution < 1.29 is 9.90 Å². The van der Waals surface area contributed by atoms with E-state index in [4.69, 9.17) is 5.11 Å². The van der Waals surface area contributed by atoms with Crippen LogP contribution in [0.2, 0.25) is 0 Å². The number of aromatic amines is 1. The summed E-state index contributed by atoms with van der Waals surface area (Å²) in [6, 6.07) is 11.1. The number of rotatable bonds is 2. The van der Waals surface area contributed by atoms with Gasteiger partial charge in [-0.05, 0) is 31.2 Å². The highest BCUT2D eigenvalue weighted by atomic mass is 16.4. The number of fused-ring (bicyclic) bond motifs is 1. The molecule has 0 saturated heterocycles. The van der Waals surface area contributed by atoms with Crippen LogP contribution in [-0.2, 0) is 0 Å². The largest absolute Gasteiger partial charge is 0.477 e. The van der Waals surface area contributed by atoms with Crippen LogP contribution in [-0.4, -0.2) is 21.0 Å². The number of hydrogen-bond donors (Lipinski definition) is 2. The molecule has 2 aromatic heterocycles. The summed E-state index contributed by atoms with van der Waals surface area (Å²) in [4.78, 5) is 18.3. The van der Waals surface area contributed by atoms with Crippen molar-refractivity contribution in [1.82, 2.24) is 9.97 Å². The van der Waals surface area contributed by atoms with Crippen LogP contribution in [0.5, 0.6) is 0 Å². The molecule has 2 heterocycles. The number of aryl methyl sites for hydroxylation is 1. The maximum Gasteiger partial charge on any atom is 0.354 e. The molecule has 19 heavy (non-hydrogen) atoms. The number of hydrogen-bond acceptors (Lipinski definition) is 2. The molecule has 0 fully saturated rings. The van der Waals surface area contributed by atoms with Crippen LogP contribution in [0.3, 0.4) is 0 Å². The van der Waals surface area contributed by atoms with Gasteiger partial charge in [0, 0.05) is 22.7 Å². The van der Waals surface area contributed by atoms with Gasteiger partial charge in [0.25, 0.3) is 0 Å². The van der Waals surface area contributed by atoms with E-state index in [9.17, 15) is 4.79 Å². The lowest BCUT2D eigenvalue weighted by Crippen LogP contribution is -2.00. The first kappa shape index (κ1) is 11.5. The number of pyridine rings is 1. The Morgan fingerprint density at radius 2 is 2.11 bits per heavy atom. The minimum atomic E-state index is -1.02. The Morgan fingerprint density at radius 1 is 1.26 bits per heavy atom. The molecule has 3 aromatic rings. The van der Waals surface area contributed by atoms with E-state index in [0.717, 1.165) is 22.0 Å². The highest BCUT2D eigenvalue weighted by molar-refractivity contribution is 5.95. The third-order valence-electron chi connectivity index (χ3n) is 3.08. The minimum Gasteiger partial charge on any atom is -0.477 e. The Morgan fingerprint density at radius 3 is 2.89 bits per heavy atom. The summed E-state index contributed by atoms with van der Waals surface area (Å²) in [5, 5.41) is 10.0. The van der Waals surface area contributed by atoms with Gasteiger partial charge in [0.05, 0.1) is 5.69 Å². The molecule has 0 aliphatic carbocycles. The SMILES string of the molecule is Cc1ccc2[nH]cc(-c3cccc(C(=O)O)n3)c2c1. The van der Waals surface area contributed by atoms with Gasteiger partial charge in [-0.15, -0.1) is 0 Å². The molecule has 4 heteroatoms. The number of nitrogens with one attached hydrogen (secondary N) is 1. The Hall–Kier alpha value is -2.62. The molecule has 0 saturated carbocycles. The Labute approximate surface area is 109 Å². The second-order valence-electron chi connectivity index (χ2n) is 4.46. The molecule has 0 atom stereocenters. The van der Waals surface area contributed by atoms with Crippen LogP contribution in [0.4, 0.5) is 0 Å². The summed E-state index contributed by atoms with van der Waals surface area (Å²) in [5.74, 6) is -1.02. The monoisotopic (exact) mass is 252 g/mol. The van der Waals surface area contributed by atoms with E-state index in [1.54, 1.807) is 6.07 Å². The van der Waals surface area contributed by atoms with Crippen molar-refractivity contribution in [2.45, 2.75) is 6.92 Å². The molecule has 0 radical (unpaired) electrons. The average molecular weight is 252 g/mol. The van der Waals surface area contributed by atoms with Crippen molar-refractivity contribution in [3.05, 3.63) is 53.9 Å². The van der Waals surface area contributed by atoms with Crippen molar-refractivity contribution in [1.29, 1.82) is 0 Å². The number of nitrogens with zero attached hydrogens (tertiary/aromatic N) is 1. The smallest absolute Gasteiger partial charge is 0.354 e. The molecule has 94 valence electrons. The molecular weight excluding hydrogens is 240 g/mol. The van der Waals surface area contributed by atoms with Gasteiger partial charge in [0.15, 0.2) is 0 Å². The van der Waals surface area contributed by atoms with Crippen LogP contribution in [0.1, 0.15) is 16.1 Å². The topological polar surface area (TPSA) is 66.0 Å². The van der Waals surface area contributed by atoms with Crippen molar-refractivity contribution in [3.8, 4) is 11.3 Å². The van der Waals surface area contributed by atoms with Gasteiger partial charge in [-0.1, -0.05) is 17.7 Å². The van der Waals surface area contributed by atoms with E-state index < -0.39 is 5.97 Å². The third-order valence-corrected chi connectivity index (χ3v) is 3.08.